The van der Waals surface area contributed by atoms with Crippen LogP contribution in [0.3, 0.4) is 0 Å². The van der Waals surface area contributed by atoms with Gasteiger partial charge >= 0.3 is 0 Å². The maximum Gasteiger partial charge on any atom is 0.0994 e. The second kappa shape index (κ2) is 4.67. The van der Waals surface area contributed by atoms with E-state index in [9.17, 15) is 0 Å². The topological polar surface area (TPSA) is 59.4 Å². The van der Waals surface area contributed by atoms with Crippen LogP contribution in [0.2, 0.25) is 0 Å². The lowest BCUT2D eigenvalue weighted by Crippen LogP contribution is -1.91. The lowest BCUT2D eigenvalue weighted by molar-refractivity contribution is 0.768. The van der Waals surface area contributed by atoms with Gasteiger partial charge in [0.1, 0.15) is 0 Å². The van der Waals surface area contributed by atoms with Crippen LogP contribution in [-0.4, -0.2) is 19.3 Å². The van der Waals surface area contributed by atoms with E-state index in [1.54, 1.807) is 17.2 Å². The summed E-state index contributed by atoms with van der Waals surface area (Å²) in [6.45, 7) is 0. The summed E-state index contributed by atoms with van der Waals surface area (Å²) in [5.74, 6) is 0. The molecule has 0 spiro atoms. The zero-order valence-electron chi connectivity index (χ0n) is 11.3. The average molecular weight is 263 g/mol. The Labute approximate surface area is 116 Å². The number of nitriles is 1. The summed E-state index contributed by atoms with van der Waals surface area (Å²) >= 11 is 0. The first-order chi connectivity index (χ1) is 9.69. The molecule has 2 aromatic heterocycles. The Bertz CT molecular complexity index is 787. The number of hydrogen-bond donors (Lipinski definition) is 0. The van der Waals surface area contributed by atoms with E-state index in [-0.39, 0.29) is 0 Å². The number of rotatable bonds is 2. The average Bonchev–Trinajstić information content (AvgIpc) is 3.05. The van der Waals surface area contributed by atoms with Crippen LogP contribution in [0.1, 0.15) is 5.56 Å². The van der Waals surface area contributed by atoms with Gasteiger partial charge in [-0.05, 0) is 12.1 Å². The standard InChI is InChI=1S/C15H13N5/c1-19-10-17-14(13-8-18-20(2)9-13)15(19)12-5-3-11(7-16)4-6-12/h3-6,8-10H,1-2H3. The van der Waals surface area contributed by atoms with E-state index in [1.807, 2.05) is 49.1 Å². The highest BCUT2D eigenvalue weighted by atomic mass is 15.2. The van der Waals surface area contributed by atoms with Gasteiger partial charge in [-0.15, -0.1) is 0 Å². The van der Waals surface area contributed by atoms with Gasteiger partial charge in [-0.2, -0.15) is 10.4 Å². The first kappa shape index (κ1) is 12.2. The van der Waals surface area contributed by atoms with Gasteiger partial charge in [-0.25, -0.2) is 4.98 Å². The van der Waals surface area contributed by atoms with Crippen molar-refractivity contribution in [2.75, 3.05) is 0 Å². The first-order valence-corrected chi connectivity index (χ1v) is 6.20. The molecule has 5 heteroatoms. The molecule has 0 unspecified atom stereocenters. The van der Waals surface area contributed by atoms with Crippen molar-refractivity contribution >= 4 is 0 Å². The van der Waals surface area contributed by atoms with Crippen LogP contribution in [0.5, 0.6) is 0 Å². The van der Waals surface area contributed by atoms with E-state index in [0.717, 1.165) is 22.5 Å². The third kappa shape index (κ3) is 1.97. The van der Waals surface area contributed by atoms with Crippen molar-refractivity contribution < 1.29 is 0 Å². The van der Waals surface area contributed by atoms with E-state index in [0.29, 0.717) is 5.56 Å². The lowest BCUT2D eigenvalue weighted by atomic mass is 10.1. The quantitative estimate of drug-likeness (QED) is 0.713. The highest BCUT2D eigenvalue weighted by molar-refractivity contribution is 5.78. The SMILES string of the molecule is Cn1cc(-c2ncn(C)c2-c2ccc(C#N)cc2)cn1. The first-order valence-electron chi connectivity index (χ1n) is 6.20. The largest absolute Gasteiger partial charge is 0.333 e. The number of aromatic nitrogens is 4. The van der Waals surface area contributed by atoms with Crippen LogP contribution < -0.4 is 0 Å². The molecule has 98 valence electrons. The minimum atomic E-state index is 0.652. The molecular weight excluding hydrogens is 250 g/mol. The van der Waals surface area contributed by atoms with E-state index in [2.05, 4.69) is 16.2 Å². The Morgan fingerprint density at radius 1 is 1.10 bits per heavy atom. The molecule has 2 heterocycles. The van der Waals surface area contributed by atoms with Crippen molar-refractivity contribution in [2.24, 2.45) is 14.1 Å². The molecule has 0 amide bonds. The van der Waals surface area contributed by atoms with Crippen molar-refractivity contribution in [2.45, 2.75) is 0 Å². The number of benzene rings is 1. The molecule has 3 aromatic rings. The molecule has 0 aliphatic heterocycles. The minimum Gasteiger partial charge on any atom is -0.333 e. The van der Waals surface area contributed by atoms with Crippen LogP contribution in [0.15, 0.2) is 43.0 Å². The van der Waals surface area contributed by atoms with Gasteiger partial charge in [-0.3, -0.25) is 4.68 Å². The van der Waals surface area contributed by atoms with Crippen molar-refractivity contribution in [3.8, 4) is 28.6 Å². The molecule has 0 radical (unpaired) electrons. The molecule has 0 saturated heterocycles. The number of nitrogens with zero attached hydrogens (tertiary/aromatic N) is 5. The minimum absolute atomic E-state index is 0.652. The summed E-state index contributed by atoms with van der Waals surface area (Å²) in [7, 11) is 3.84. The fraction of sp³-hybridized carbons (Fsp3) is 0.133. The Hall–Kier alpha value is -2.87. The summed E-state index contributed by atoms with van der Waals surface area (Å²) in [4.78, 5) is 4.46. The smallest absolute Gasteiger partial charge is 0.0994 e. The summed E-state index contributed by atoms with van der Waals surface area (Å²) in [6.07, 6.45) is 5.53. The summed E-state index contributed by atoms with van der Waals surface area (Å²) in [5, 5.41) is 13.1. The highest BCUT2D eigenvalue weighted by Crippen LogP contribution is 2.30. The van der Waals surface area contributed by atoms with Gasteiger partial charge in [0.2, 0.25) is 0 Å². The number of hydrogen-bond acceptors (Lipinski definition) is 3. The second-order valence-corrected chi connectivity index (χ2v) is 4.64. The fourth-order valence-electron chi connectivity index (χ4n) is 2.23. The number of aryl methyl sites for hydroxylation is 2. The monoisotopic (exact) mass is 263 g/mol. The molecular formula is C15H13N5. The van der Waals surface area contributed by atoms with E-state index in [1.165, 1.54) is 0 Å². The van der Waals surface area contributed by atoms with Crippen LogP contribution in [0.25, 0.3) is 22.5 Å². The normalized spacial score (nSPS) is 10.4. The molecule has 0 aliphatic carbocycles. The van der Waals surface area contributed by atoms with Crippen molar-refractivity contribution in [3.63, 3.8) is 0 Å². The molecule has 20 heavy (non-hydrogen) atoms. The maximum absolute atomic E-state index is 8.87. The summed E-state index contributed by atoms with van der Waals surface area (Å²) in [6, 6.07) is 9.64. The molecule has 0 N–H and O–H groups in total. The molecule has 5 nitrogen and oxygen atoms in total. The van der Waals surface area contributed by atoms with Crippen LogP contribution in [0.4, 0.5) is 0 Å². The van der Waals surface area contributed by atoms with E-state index >= 15 is 0 Å². The Kier molecular flexibility index (Phi) is 2.84. The molecule has 0 saturated carbocycles. The zero-order valence-corrected chi connectivity index (χ0v) is 11.3. The van der Waals surface area contributed by atoms with Crippen LogP contribution in [-0.2, 0) is 14.1 Å². The van der Waals surface area contributed by atoms with Gasteiger partial charge in [0, 0.05) is 31.4 Å². The van der Waals surface area contributed by atoms with Gasteiger partial charge in [0.15, 0.2) is 0 Å². The predicted octanol–water partition coefficient (Wildman–Crippen LogP) is 2.36. The maximum atomic E-state index is 8.87. The lowest BCUT2D eigenvalue weighted by Gasteiger charge is -2.05. The van der Waals surface area contributed by atoms with Crippen LogP contribution in [0, 0.1) is 11.3 Å². The zero-order chi connectivity index (χ0) is 14.1. The van der Waals surface area contributed by atoms with E-state index < -0.39 is 0 Å². The third-order valence-corrected chi connectivity index (χ3v) is 3.20. The molecule has 0 aliphatic rings. The molecule has 0 fully saturated rings. The Balaban J connectivity index is 2.13. The van der Waals surface area contributed by atoms with E-state index in [4.69, 9.17) is 5.26 Å². The van der Waals surface area contributed by atoms with Gasteiger partial charge in [0.25, 0.3) is 0 Å². The summed E-state index contributed by atoms with van der Waals surface area (Å²) < 4.78 is 3.73. The molecule has 0 bridgehead atoms. The van der Waals surface area contributed by atoms with Crippen molar-refractivity contribution in [3.05, 3.63) is 48.5 Å². The van der Waals surface area contributed by atoms with Gasteiger partial charge in [-0.1, -0.05) is 12.1 Å². The fourth-order valence-corrected chi connectivity index (χ4v) is 2.23. The second-order valence-electron chi connectivity index (χ2n) is 4.64. The predicted molar refractivity (Wildman–Crippen MR) is 75.6 cm³/mol. The van der Waals surface area contributed by atoms with Gasteiger partial charge in [0.05, 0.1) is 35.5 Å². The van der Waals surface area contributed by atoms with Gasteiger partial charge < -0.3 is 4.57 Å². The Morgan fingerprint density at radius 2 is 1.85 bits per heavy atom. The van der Waals surface area contributed by atoms with Crippen molar-refractivity contribution in [1.82, 2.24) is 19.3 Å². The number of imidazole rings is 1. The van der Waals surface area contributed by atoms with Crippen LogP contribution >= 0.6 is 0 Å². The van der Waals surface area contributed by atoms with Crippen molar-refractivity contribution in [1.29, 1.82) is 5.26 Å². The molecule has 3 rings (SSSR count). The summed E-state index contributed by atoms with van der Waals surface area (Å²) in [5.41, 5.74) is 4.57. The molecule has 0 atom stereocenters. The molecule has 1 aromatic carbocycles. The highest BCUT2D eigenvalue weighted by Gasteiger charge is 2.14. The Morgan fingerprint density at radius 3 is 2.45 bits per heavy atom. The third-order valence-electron chi connectivity index (χ3n) is 3.20.